The zero-order valence-corrected chi connectivity index (χ0v) is 20.4. The van der Waals surface area contributed by atoms with E-state index in [0.717, 1.165) is 41.3 Å². The molecule has 140 valence electrons. The molecule has 0 amide bonds. The second kappa shape index (κ2) is 9.51. The number of cyclic esters (lactones) is 1. The molecule has 0 bridgehead atoms. The maximum atomic E-state index is 12.2. The van der Waals surface area contributed by atoms with E-state index < -0.39 is 5.97 Å². The molecular weight excluding hydrogens is 636 g/mol. The average molecular weight is 652 g/mol. The Kier molecular flexibility index (Phi) is 7.32. The minimum absolute atomic E-state index is 0.291. The number of ether oxygens (including phenoxy) is 2. The van der Waals surface area contributed by atoms with Crippen molar-refractivity contribution in [1.29, 1.82) is 0 Å². The molecule has 0 spiro atoms. The van der Waals surface area contributed by atoms with Gasteiger partial charge in [0.05, 0.1) is 13.7 Å². The summed E-state index contributed by atoms with van der Waals surface area (Å²) in [7, 11) is 0. The minimum atomic E-state index is -0.443. The van der Waals surface area contributed by atoms with Crippen LogP contribution in [-0.2, 0) is 9.53 Å². The zero-order chi connectivity index (χ0) is 19.4. The Balaban J connectivity index is 1.85. The van der Waals surface area contributed by atoms with E-state index in [2.05, 4.69) is 73.0 Å². The van der Waals surface area contributed by atoms with Crippen molar-refractivity contribution in [2.75, 3.05) is 6.61 Å². The third-order valence-electron chi connectivity index (χ3n) is 3.78. The average Bonchev–Trinajstić information content (AvgIpc) is 2.98. The number of esters is 1. The van der Waals surface area contributed by atoms with Crippen LogP contribution >= 0.6 is 61.1 Å². The second-order valence-corrected chi connectivity index (χ2v) is 9.10. The quantitative estimate of drug-likeness (QED) is 0.162. The first-order valence-corrected chi connectivity index (χ1v) is 11.3. The number of carbonyl (C=O) groups is 1. The fraction of sp³-hybridized carbons (Fsp3) is 0.200. The van der Waals surface area contributed by atoms with Crippen LogP contribution in [-0.4, -0.2) is 18.5 Å². The maximum Gasteiger partial charge on any atom is 0.363 e. The van der Waals surface area contributed by atoms with Crippen molar-refractivity contribution in [3.63, 3.8) is 0 Å². The number of hydrogen-bond acceptors (Lipinski definition) is 4. The van der Waals surface area contributed by atoms with Gasteiger partial charge in [0.2, 0.25) is 5.90 Å². The molecule has 4 nitrogen and oxygen atoms in total. The van der Waals surface area contributed by atoms with Crippen molar-refractivity contribution in [2.24, 2.45) is 4.99 Å². The Morgan fingerprint density at radius 1 is 1.19 bits per heavy atom. The molecule has 2 aromatic carbocycles. The summed E-state index contributed by atoms with van der Waals surface area (Å²) in [6, 6.07) is 11.4. The number of unbranched alkanes of at least 4 members (excludes halogenated alkanes) is 1. The molecule has 0 saturated heterocycles. The Hall–Kier alpha value is -0.940. The predicted octanol–water partition coefficient (Wildman–Crippen LogP) is 6.18. The molecule has 1 aliphatic heterocycles. The van der Waals surface area contributed by atoms with Crippen LogP contribution in [0.1, 0.15) is 30.9 Å². The van der Waals surface area contributed by atoms with Crippen molar-refractivity contribution in [1.82, 2.24) is 0 Å². The Morgan fingerprint density at radius 2 is 1.85 bits per heavy atom. The Bertz CT molecular complexity index is 900. The minimum Gasteiger partial charge on any atom is -0.491 e. The molecular formula is C20H16BrI2NO3. The van der Waals surface area contributed by atoms with Crippen molar-refractivity contribution in [2.45, 2.75) is 19.8 Å². The summed E-state index contributed by atoms with van der Waals surface area (Å²) in [5.74, 6) is 0.767. The van der Waals surface area contributed by atoms with Gasteiger partial charge >= 0.3 is 5.97 Å². The number of hydrogen-bond donors (Lipinski definition) is 0. The van der Waals surface area contributed by atoms with E-state index in [0.29, 0.717) is 18.2 Å². The third kappa shape index (κ3) is 5.32. The van der Waals surface area contributed by atoms with Crippen LogP contribution < -0.4 is 4.74 Å². The normalized spacial score (nSPS) is 15.0. The lowest BCUT2D eigenvalue weighted by Gasteiger charge is -2.11. The smallest absolute Gasteiger partial charge is 0.363 e. The summed E-state index contributed by atoms with van der Waals surface area (Å²) in [5, 5.41) is 0. The lowest BCUT2D eigenvalue weighted by molar-refractivity contribution is -0.129. The molecule has 3 rings (SSSR count). The van der Waals surface area contributed by atoms with E-state index in [1.54, 1.807) is 6.08 Å². The van der Waals surface area contributed by atoms with Crippen LogP contribution in [0.25, 0.3) is 6.08 Å². The van der Waals surface area contributed by atoms with E-state index in [4.69, 9.17) is 9.47 Å². The number of benzene rings is 2. The van der Waals surface area contributed by atoms with E-state index in [1.165, 1.54) is 0 Å². The van der Waals surface area contributed by atoms with Gasteiger partial charge in [0, 0.05) is 10.0 Å². The van der Waals surface area contributed by atoms with Crippen LogP contribution in [0.15, 0.2) is 51.6 Å². The third-order valence-corrected chi connectivity index (χ3v) is 5.91. The first-order chi connectivity index (χ1) is 13.0. The number of nitrogens with zero attached hydrogens (tertiary/aromatic N) is 1. The molecule has 0 N–H and O–H groups in total. The molecule has 0 saturated carbocycles. The summed E-state index contributed by atoms with van der Waals surface area (Å²) < 4.78 is 14.2. The summed E-state index contributed by atoms with van der Waals surface area (Å²) >= 11 is 7.90. The Labute approximate surface area is 193 Å². The van der Waals surface area contributed by atoms with Crippen molar-refractivity contribution in [3.05, 3.63) is 64.8 Å². The molecule has 0 radical (unpaired) electrons. The summed E-state index contributed by atoms with van der Waals surface area (Å²) in [6.07, 6.45) is 3.86. The molecule has 0 aromatic heterocycles. The van der Waals surface area contributed by atoms with E-state index >= 15 is 0 Å². The number of halogens is 3. The SMILES string of the molecule is CCCCOc1c(I)cc(/C=C2\N=C(c3ccc(Br)cc3)OC2=O)cc1I. The van der Waals surface area contributed by atoms with Crippen LogP contribution in [0.5, 0.6) is 5.75 Å². The van der Waals surface area contributed by atoms with Crippen molar-refractivity contribution >= 4 is 79.1 Å². The Morgan fingerprint density at radius 3 is 2.48 bits per heavy atom. The summed E-state index contributed by atoms with van der Waals surface area (Å²) in [6.45, 7) is 2.84. The van der Waals surface area contributed by atoms with Gasteiger partial charge in [0.15, 0.2) is 5.70 Å². The fourth-order valence-electron chi connectivity index (χ4n) is 2.40. The fourth-order valence-corrected chi connectivity index (χ4v) is 4.79. The molecule has 2 aromatic rings. The highest BCUT2D eigenvalue weighted by atomic mass is 127. The molecule has 27 heavy (non-hydrogen) atoms. The number of rotatable bonds is 6. The van der Waals surface area contributed by atoms with Gasteiger partial charge in [-0.25, -0.2) is 9.79 Å². The molecule has 1 heterocycles. The van der Waals surface area contributed by atoms with Gasteiger partial charge in [-0.2, -0.15) is 0 Å². The molecule has 0 aliphatic carbocycles. The zero-order valence-electron chi connectivity index (χ0n) is 14.5. The van der Waals surface area contributed by atoms with Gasteiger partial charge in [-0.05, 0) is 99.6 Å². The van der Waals surface area contributed by atoms with Gasteiger partial charge < -0.3 is 9.47 Å². The number of aliphatic imine (C=N–C) groups is 1. The highest BCUT2D eigenvalue weighted by Gasteiger charge is 2.24. The van der Waals surface area contributed by atoms with E-state index in [9.17, 15) is 4.79 Å². The van der Waals surface area contributed by atoms with Gasteiger partial charge in [-0.15, -0.1) is 0 Å². The molecule has 1 aliphatic rings. The maximum absolute atomic E-state index is 12.2. The predicted molar refractivity (Wildman–Crippen MR) is 127 cm³/mol. The highest BCUT2D eigenvalue weighted by molar-refractivity contribution is 14.1. The number of carbonyl (C=O) groups excluding carboxylic acids is 1. The highest BCUT2D eigenvalue weighted by Crippen LogP contribution is 2.30. The molecule has 0 fully saturated rings. The van der Waals surface area contributed by atoms with Crippen LogP contribution in [0.4, 0.5) is 0 Å². The second-order valence-electron chi connectivity index (χ2n) is 5.86. The van der Waals surface area contributed by atoms with Gasteiger partial charge in [-0.3, -0.25) is 0 Å². The first-order valence-electron chi connectivity index (χ1n) is 8.38. The van der Waals surface area contributed by atoms with Crippen molar-refractivity contribution < 1.29 is 14.3 Å². The lowest BCUT2D eigenvalue weighted by atomic mass is 10.2. The van der Waals surface area contributed by atoms with Crippen LogP contribution in [0.2, 0.25) is 0 Å². The van der Waals surface area contributed by atoms with Crippen LogP contribution in [0.3, 0.4) is 0 Å². The van der Waals surface area contributed by atoms with Crippen LogP contribution in [0, 0.1) is 7.14 Å². The van der Waals surface area contributed by atoms with E-state index in [-0.39, 0.29) is 0 Å². The lowest BCUT2D eigenvalue weighted by Crippen LogP contribution is -2.05. The van der Waals surface area contributed by atoms with E-state index in [1.807, 2.05) is 36.4 Å². The summed E-state index contributed by atoms with van der Waals surface area (Å²) in [4.78, 5) is 16.6. The van der Waals surface area contributed by atoms with Gasteiger partial charge in [0.25, 0.3) is 0 Å². The topological polar surface area (TPSA) is 47.9 Å². The largest absolute Gasteiger partial charge is 0.491 e. The molecule has 0 unspecified atom stereocenters. The van der Waals surface area contributed by atoms with Gasteiger partial charge in [-0.1, -0.05) is 29.3 Å². The standard InChI is InChI=1S/C20H16BrI2NO3/c1-2-3-8-26-18-15(22)9-12(10-16(18)23)11-17-20(25)27-19(24-17)13-4-6-14(21)7-5-13/h4-7,9-11H,2-3,8H2,1H3/b17-11-. The first kappa shape index (κ1) is 20.8. The van der Waals surface area contributed by atoms with Crippen molar-refractivity contribution in [3.8, 4) is 5.75 Å². The molecule has 0 atom stereocenters. The molecule has 7 heteroatoms. The summed E-state index contributed by atoms with van der Waals surface area (Å²) in [5.41, 5.74) is 1.94. The monoisotopic (exact) mass is 651 g/mol. The van der Waals surface area contributed by atoms with Gasteiger partial charge in [0.1, 0.15) is 5.75 Å².